The Bertz CT molecular complexity index is 208. The van der Waals surface area contributed by atoms with E-state index in [4.69, 9.17) is 0 Å². The highest BCUT2D eigenvalue weighted by molar-refractivity contribution is 5.81. The predicted octanol–water partition coefficient (Wildman–Crippen LogP) is 2.38. The third-order valence-electron chi connectivity index (χ3n) is 3.49. The Labute approximate surface area is 93.0 Å². The highest BCUT2D eigenvalue weighted by Crippen LogP contribution is 2.20. The molecule has 0 atom stereocenters. The zero-order valence-electron chi connectivity index (χ0n) is 10.2. The summed E-state index contributed by atoms with van der Waals surface area (Å²) < 4.78 is 0. The number of rotatable bonds is 4. The number of nitrogens with one attached hydrogen (secondary N) is 2. The van der Waals surface area contributed by atoms with E-state index >= 15 is 0 Å². The van der Waals surface area contributed by atoms with E-state index in [-0.39, 0.29) is 11.3 Å². The lowest BCUT2D eigenvalue weighted by Gasteiger charge is -2.27. The molecule has 0 heterocycles. The standard InChI is InChI=1S/C12H24N2O/c1-4-12(2,3)11(15)14-13-10-8-6-5-7-9-10/h10,13H,4-9H2,1-3H3,(H,14,15). The first-order valence-electron chi connectivity index (χ1n) is 6.12. The molecule has 1 fully saturated rings. The van der Waals surface area contributed by atoms with Crippen molar-refractivity contribution in [1.29, 1.82) is 0 Å². The van der Waals surface area contributed by atoms with Crippen molar-refractivity contribution < 1.29 is 4.79 Å². The van der Waals surface area contributed by atoms with Gasteiger partial charge in [0.25, 0.3) is 0 Å². The van der Waals surface area contributed by atoms with Gasteiger partial charge in [-0.25, -0.2) is 5.43 Å². The van der Waals surface area contributed by atoms with Crippen molar-refractivity contribution in [1.82, 2.24) is 10.9 Å². The van der Waals surface area contributed by atoms with Gasteiger partial charge in [0.05, 0.1) is 0 Å². The van der Waals surface area contributed by atoms with Gasteiger partial charge < -0.3 is 0 Å². The van der Waals surface area contributed by atoms with Crippen molar-refractivity contribution in [2.45, 2.75) is 65.3 Å². The minimum atomic E-state index is -0.262. The maximum Gasteiger partial charge on any atom is 0.239 e. The summed E-state index contributed by atoms with van der Waals surface area (Å²) >= 11 is 0. The fourth-order valence-electron chi connectivity index (χ4n) is 1.74. The topological polar surface area (TPSA) is 41.1 Å². The van der Waals surface area contributed by atoms with Gasteiger partial charge in [0.1, 0.15) is 0 Å². The SMILES string of the molecule is CCC(C)(C)C(=O)NNC1CCCCC1. The smallest absolute Gasteiger partial charge is 0.239 e. The molecule has 0 aromatic rings. The van der Waals surface area contributed by atoms with Gasteiger partial charge in [0, 0.05) is 11.5 Å². The molecule has 0 aromatic heterocycles. The molecule has 1 aliphatic carbocycles. The monoisotopic (exact) mass is 212 g/mol. The molecule has 0 bridgehead atoms. The van der Waals surface area contributed by atoms with Crippen LogP contribution in [0.15, 0.2) is 0 Å². The van der Waals surface area contributed by atoms with Gasteiger partial charge in [0.2, 0.25) is 5.91 Å². The summed E-state index contributed by atoms with van der Waals surface area (Å²) in [6.45, 7) is 6.00. The van der Waals surface area contributed by atoms with Crippen molar-refractivity contribution in [3.63, 3.8) is 0 Å². The van der Waals surface area contributed by atoms with E-state index in [1.807, 2.05) is 20.8 Å². The van der Waals surface area contributed by atoms with Gasteiger partial charge in [-0.2, -0.15) is 0 Å². The van der Waals surface area contributed by atoms with Gasteiger partial charge in [-0.1, -0.05) is 40.0 Å². The van der Waals surface area contributed by atoms with Crippen LogP contribution in [0.3, 0.4) is 0 Å². The quantitative estimate of drug-likeness (QED) is 0.702. The van der Waals surface area contributed by atoms with E-state index in [0.29, 0.717) is 6.04 Å². The van der Waals surface area contributed by atoms with Crippen LogP contribution in [0.1, 0.15) is 59.3 Å². The van der Waals surface area contributed by atoms with Crippen LogP contribution in [0.4, 0.5) is 0 Å². The van der Waals surface area contributed by atoms with E-state index in [0.717, 1.165) is 6.42 Å². The summed E-state index contributed by atoms with van der Waals surface area (Å²) in [6, 6.07) is 0.482. The Kier molecular flexibility index (Phi) is 4.58. The van der Waals surface area contributed by atoms with Crippen LogP contribution < -0.4 is 10.9 Å². The van der Waals surface area contributed by atoms with Crippen LogP contribution in [0.5, 0.6) is 0 Å². The second-order valence-corrected chi connectivity index (χ2v) is 5.17. The fourth-order valence-corrected chi connectivity index (χ4v) is 1.74. The molecule has 3 heteroatoms. The lowest BCUT2D eigenvalue weighted by molar-refractivity contribution is -0.130. The van der Waals surface area contributed by atoms with Crippen molar-refractivity contribution in [3.05, 3.63) is 0 Å². The van der Waals surface area contributed by atoms with Crippen molar-refractivity contribution >= 4 is 5.91 Å². The van der Waals surface area contributed by atoms with Gasteiger partial charge in [-0.3, -0.25) is 10.2 Å². The van der Waals surface area contributed by atoms with Crippen LogP contribution in [-0.2, 0) is 4.79 Å². The lowest BCUT2D eigenvalue weighted by Crippen LogP contribution is -2.49. The van der Waals surface area contributed by atoms with E-state index < -0.39 is 0 Å². The molecule has 1 rings (SSSR count). The van der Waals surface area contributed by atoms with E-state index in [2.05, 4.69) is 10.9 Å². The second kappa shape index (κ2) is 5.50. The molecule has 3 nitrogen and oxygen atoms in total. The maximum absolute atomic E-state index is 11.8. The average molecular weight is 212 g/mol. The minimum Gasteiger partial charge on any atom is -0.291 e. The molecule has 1 amide bonds. The number of carbonyl (C=O) groups excluding carboxylic acids is 1. The van der Waals surface area contributed by atoms with Crippen LogP contribution in [0, 0.1) is 5.41 Å². The molecule has 0 saturated heterocycles. The number of carbonyl (C=O) groups is 1. The molecule has 2 N–H and O–H groups in total. The maximum atomic E-state index is 11.8. The molecule has 0 aromatic carbocycles. The highest BCUT2D eigenvalue weighted by Gasteiger charge is 2.25. The summed E-state index contributed by atoms with van der Waals surface area (Å²) in [5, 5.41) is 0. The summed E-state index contributed by atoms with van der Waals surface area (Å²) in [4.78, 5) is 11.8. The summed E-state index contributed by atoms with van der Waals surface area (Å²) in [7, 11) is 0. The molecule has 1 saturated carbocycles. The Morgan fingerprint density at radius 3 is 2.40 bits per heavy atom. The normalized spacial score (nSPS) is 18.9. The summed E-state index contributed by atoms with van der Waals surface area (Å²) in [6.07, 6.45) is 7.15. The van der Waals surface area contributed by atoms with Gasteiger partial charge >= 0.3 is 0 Å². The summed E-state index contributed by atoms with van der Waals surface area (Å²) in [5.41, 5.74) is 5.75. The fraction of sp³-hybridized carbons (Fsp3) is 0.917. The average Bonchev–Trinajstić information content (AvgIpc) is 2.27. The molecule has 0 spiro atoms. The Hall–Kier alpha value is -0.570. The third-order valence-corrected chi connectivity index (χ3v) is 3.49. The number of hydrazine groups is 1. The minimum absolute atomic E-state index is 0.107. The zero-order valence-corrected chi connectivity index (χ0v) is 10.2. The second-order valence-electron chi connectivity index (χ2n) is 5.17. The molecule has 0 radical (unpaired) electrons. The third kappa shape index (κ3) is 3.82. The molecule has 88 valence electrons. The molecule has 15 heavy (non-hydrogen) atoms. The van der Waals surface area contributed by atoms with Gasteiger partial charge in [-0.15, -0.1) is 0 Å². The Morgan fingerprint density at radius 1 is 1.27 bits per heavy atom. The van der Waals surface area contributed by atoms with E-state index in [1.54, 1.807) is 0 Å². The van der Waals surface area contributed by atoms with Gasteiger partial charge in [0.15, 0.2) is 0 Å². The first kappa shape index (κ1) is 12.5. The Morgan fingerprint density at radius 2 is 1.87 bits per heavy atom. The largest absolute Gasteiger partial charge is 0.291 e. The first-order valence-corrected chi connectivity index (χ1v) is 6.12. The highest BCUT2D eigenvalue weighted by atomic mass is 16.2. The molecular weight excluding hydrogens is 188 g/mol. The van der Waals surface area contributed by atoms with Crippen molar-refractivity contribution in [2.75, 3.05) is 0 Å². The number of amides is 1. The van der Waals surface area contributed by atoms with Gasteiger partial charge in [-0.05, 0) is 19.3 Å². The Balaban J connectivity index is 2.26. The first-order chi connectivity index (χ1) is 7.06. The number of hydrogen-bond donors (Lipinski definition) is 2. The number of hydrogen-bond acceptors (Lipinski definition) is 2. The lowest BCUT2D eigenvalue weighted by atomic mass is 9.89. The zero-order chi connectivity index (χ0) is 11.3. The molecule has 0 aliphatic heterocycles. The summed E-state index contributed by atoms with van der Waals surface area (Å²) in [5.74, 6) is 0.107. The molecule has 1 aliphatic rings. The van der Waals surface area contributed by atoms with Crippen LogP contribution >= 0.6 is 0 Å². The predicted molar refractivity (Wildman–Crippen MR) is 62.2 cm³/mol. The molecular formula is C12H24N2O. The van der Waals surface area contributed by atoms with E-state index in [9.17, 15) is 4.79 Å². The van der Waals surface area contributed by atoms with Crippen LogP contribution in [0.2, 0.25) is 0 Å². The van der Waals surface area contributed by atoms with Crippen molar-refractivity contribution in [2.24, 2.45) is 5.41 Å². The van der Waals surface area contributed by atoms with Crippen LogP contribution in [-0.4, -0.2) is 11.9 Å². The van der Waals surface area contributed by atoms with E-state index in [1.165, 1.54) is 32.1 Å². The van der Waals surface area contributed by atoms with Crippen LogP contribution in [0.25, 0.3) is 0 Å². The molecule has 0 unspecified atom stereocenters. The van der Waals surface area contributed by atoms with Crippen molar-refractivity contribution in [3.8, 4) is 0 Å².